The number of carboxylic acids is 1. The number of nitrogens with two attached hydrogens (primary N) is 1. The highest BCUT2D eigenvalue weighted by molar-refractivity contribution is 5.66. The second-order valence-electron chi connectivity index (χ2n) is 5.89. The summed E-state index contributed by atoms with van der Waals surface area (Å²) in [6.45, 7) is 0. The van der Waals surface area contributed by atoms with Crippen molar-refractivity contribution in [1.29, 1.82) is 0 Å². The lowest BCUT2D eigenvalue weighted by molar-refractivity contribution is -0.137. The van der Waals surface area contributed by atoms with Crippen molar-refractivity contribution in [3.8, 4) is 0 Å². The van der Waals surface area contributed by atoms with Gasteiger partial charge in [-0.25, -0.2) is 0 Å². The molecular weight excluding hydrogens is 250 g/mol. The number of hydrogen-bond acceptors (Lipinski definition) is 2. The average molecular weight is 275 g/mol. The van der Waals surface area contributed by atoms with Crippen LogP contribution >= 0.6 is 0 Å². The van der Waals surface area contributed by atoms with Crippen molar-refractivity contribution in [1.82, 2.24) is 0 Å². The molecule has 3 heteroatoms. The Bertz CT molecular complexity index is 419. The highest BCUT2D eigenvalue weighted by Gasteiger charge is 2.15. The van der Waals surface area contributed by atoms with Gasteiger partial charge in [0, 0.05) is 12.5 Å². The summed E-state index contributed by atoms with van der Waals surface area (Å²) in [6.07, 6.45) is 8.64. The number of carboxylic acid groups (broad SMARTS) is 1. The van der Waals surface area contributed by atoms with Crippen molar-refractivity contribution < 1.29 is 9.90 Å². The van der Waals surface area contributed by atoms with E-state index in [2.05, 4.69) is 24.3 Å². The van der Waals surface area contributed by atoms with Gasteiger partial charge in [-0.2, -0.15) is 0 Å². The summed E-state index contributed by atoms with van der Waals surface area (Å²) in [5.41, 5.74) is 8.50. The van der Waals surface area contributed by atoms with Crippen LogP contribution in [0.3, 0.4) is 0 Å². The Morgan fingerprint density at radius 3 is 2.30 bits per heavy atom. The van der Waals surface area contributed by atoms with Crippen LogP contribution in [0, 0.1) is 0 Å². The first-order chi connectivity index (χ1) is 9.66. The molecule has 1 aliphatic carbocycles. The van der Waals surface area contributed by atoms with E-state index in [0.717, 1.165) is 5.56 Å². The van der Waals surface area contributed by atoms with Crippen LogP contribution in [0.25, 0.3) is 0 Å². The second kappa shape index (κ2) is 7.44. The first-order valence-corrected chi connectivity index (χ1v) is 7.74. The fourth-order valence-corrected chi connectivity index (χ4v) is 3.07. The predicted molar refractivity (Wildman–Crippen MR) is 80.7 cm³/mol. The molecule has 20 heavy (non-hydrogen) atoms. The smallest absolute Gasteiger partial charge is 0.303 e. The molecule has 0 amide bonds. The quantitative estimate of drug-likeness (QED) is 0.799. The van der Waals surface area contributed by atoms with Crippen LogP contribution in [0.4, 0.5) is 0 Å². The van der Waals surface area contributed by atoms with Crippen molar-refractivity contribution in [2.24, 2.45) is 5.73 Å². The maximum absolute atomic E-state index is 10.6. The summed E-state index contributed by atoms with van der Waals surface area (Å²) >= 11 is 0. The topological polar surface area (TPSA) is 63.3 Å². The monoisotopic (exact) mass is 275 g/mol. The summed E-state index contributed by atoms with van der Waals surface area (Å²) in [7, 11) is 0. The minimum Gasteiger partial charge on any atom is -0.481 e. The molecule has 0 aromatic heterocycles. The van der Waals surface area contributed by atoms with E-state index < -0.39 is 5.97 Å². The molecule has 3 nitrogen and oxygen atoms in total. The molecule has 0 heterocycles. The summed E-state index contributed by atoms with van der Waals surface area (Å²) in [6, 6.07) is 8.35. The Morgan fingerprint density at radius 1 is 1.15 bits per heavy atom. The van der Waals surface area contributed by atoms with Gasteiger partial charge in [0.25, 0.3) is 0 Å². The maximum atomic E-state index is 10.6. The van der Waals surface area contributed by atoms with Crippen LogP contribution in [0.1, 0.15) is 74.5 Å². The van der Waals surface area contributed by atoms with E-state index in [1.807, 2.05) is 0 Å². The Labute approximate surface area is 121 Å². The van der Waals surface area contributed by atoms with Gasteiger partial charge in [-0.15, -0.1) is 0 Å². The van der Waals surface area contributed by atoms with Gasteiger partial charge < -0.3 is 10.8 Å². The molecule has 1 unspecified atom stereocenters. The molecule has 1 aromatic carbocycles. The summed E-state index contributed by atoms with van der Waals surface area (Å²) in [5.74, 6) is -0.0858. The zero-order chi connectivity index (χ0) is 14.4. The second-order valence-corrected chi connectivity index (χ2v) is 5.89. The van der Waals surface area contributed by atoms with Gasteiger partial charge in [0.05, 0.1) is 0 Å². The number of benzene rings is 1. The molecule has 0 spiro atoms. The van der Waals surface area contributed by atoms with Gasteiger partial charge in [-0.3, -0.25) is 4.79 Å². The van der Waals surface area contributed by atoms with E-state index >= 15 is 0 Å². The molecule has 1 saturated carbocycles. The van der Waals surface area contributed by atoms with Gasteiger partial charge in [0.1, 0.15) is 0 Å². The lowest BCUT2D eigenvalue weighted by Gasteiger charge is -2.16. The molecular formula is C17H25NO2. The summed E-state index contributed by atoms with van der Waals surface area (Å²) in [4.78, 5) is 10.6. The van der Waals surface area contributed by atoms with E-state index in [1.165, 1.54) is 44.1 Å². The summed E-state index contributed by atoms with van der Waals surface area (Å²) < 4.78 is 0. The minimum absolute atomic E-state index is 0.130. The first kappa shape index (κ1) is 15.0. The van der Waals surface area contributed by atoms with E-state index in [0.29, 0.717) is 12.3 Å². The molecule has 1 fully saturated rings. The fraction of sp³-hybridized carbons (Fsp3) is 0.588. The molecule has 0 saturated heterocycles. The largest absolute Gasteiger partial charge is 0.481 e. The lowest BCUT2D eigenvalue weighted by Crippen LogP contribution is -2.12. The van der Waals surface area contributed by atoms with Gasteiger partial charge in [0.15, 0.2) is 0 Å². The molecule has 1 aliphatic rings. The van der Waals surface area contributed by atoms with Crippen molar-refractivity contribution in [2.75, 3.05) is 0 Å². The third-order valence-electron chi connectivity index (χ3n) is 4.36. The van der Waals surface area contributed by atoms with Crippen LogP contribution in [-0.4, -0.2) is 11.1 Å². The Morgan fingerprint density at radius 2 is 1.75 bits per heavy atom. The van der Waals surface area contributed by atoms with Gasteiger partial charge >= 0.3 is 5.97 Å². The molecule has 1 atom stereocenters. The molecule has 2 rings (SSSR count). The van der Waals surface area contributed by atoms with Crippen molar-refractivity contribution in [3.05, 3.63) is 35.4 Å². The first-order valence-electron chi connectivity index (χ1n) is 7.74. The van der Waals surface area contributed by atoms with Crippen molar-refractivity contribution in [2.45, 2.75) is 63.3 Å². The molecule has 1 aromatic rings. The van der Waals surface area contributed by atoms with Crippen molar-refractivity contribution >= 4 is 5.97 Å². The highest BCUT2D eigenvalue weighted by Crippen LogP contribution is 2.32. The molecule has 110 valence electrons. The van der Waals surface area contributed by atoms with E-state index in [4.69, 9.17) is 10.8 Å². The molecule has 0 bridgehead atoms. The minimum atomic E-state index is -0.782. The van der Waals surface area contributed by atoms with Gasteiger partial charge in [-0.1, -0.05) is 49.9 Å². The van der Waals surface area contributed by atoms with Gasteiger partial charge in [0.2, 0.25) is 0 Å². The Kier molecular flexibility index (Phi) is 5.60. The van der Waals surface area contributed by atoms with Crippen LogP contribution in [0.15, 0.2) is 24.3 Å². The Hall–Kier alpha value is -1.35. The van der Waals surface area contributed by atoms with Crippen LogP contribution in [0.2, 0.25) is 0 Å². The molecule has 3 N–H and O–H groups in total. The summed E-state index contributed by atoms with van der Waals surface area (Å²) in [5, 5.41) is 8.69. The normalized spacial score (nSPS) is 18.4. The zero-order valence-corrected chi connectivity index (χ0v) is 12.1. The zero-order valence-electron chi connectivity index (χ0n) is 12.1. The van der Waals surface area contributed by atoms with E-state index in [9.17, 15) is 4.79 Å². The third-order valence-corrected chi connectivity index (χ3v) is 4.36. The fourth-order valence-electron chi connectivity index (χ4n) is 3.07. The highest BCUT2D eigenvalue weighted by atomic mass is 16.4. The SMILES string of the molecule is NC(CCC(=O)O)c1ccc(C2CCCCCC2)cc1. The number of carbonyl (C=O) groups is 1. The molecule has 0 aliphatic heterocycles. The standard InChI is InChI=1S/C17H25NO2/c18-16(11-12-17(19)20)15-9-7-14(8-10-15)13-5-3-1-2-4-6-13/h7-10,13,16H,1-6,11-12,18H2,(H,19,20). The third kappa shape index (κ3) is 4.34. The maximum Gasteiger partial charge on any atom is 0.303 e. The lowest BCUT2D eigenvalue weighted by atomic mass is 9.90. The number of hydrogen-bond donors (Lipinski definition) is 2. The Balaban J connectivity index is 1.96. The van der Waals surface area contributed by atoms with E-state index in [1.54, 1.807) is 0 Å². The number of rotatable bonds is 5. The molecule has 0 radical (unpaired) electrons. The van der Waals surface area contributed by atoms with Crippen LogP contribution < -0.4 is 5.73 Å². The van der Waals surface area contributed by atoms with Crippen LogP contribution in [-0.2, 0) is 4.79 Å². The number of aliphatic carboxylic acids is 1. The van der Waals surface area contributed by atoms with Crippen LogP contribution in [0.5, 0.6) is 0 Å². The average Bonchev–Trinajstić information content (AvgIpc) is 2.74. The van der Waals surface area contributed by atoms with E-state index in [-0.39, 0.29) is 12.5 Å². The van der Waals surface area contributed by atoms with Gasteiger partial charge in [-0.05, 0) is 36.3 Å². The van der Waals surface area contributed by atoms with Crippen molar-refractivity contribution in [3.63, 3.8) is 0 Å². The predicted octanol–water partition coefficient (Wildman–Crippen LogP) is 3.99.